The lowest BCUT2D eigenvalue weighted by molar-refractivity contribution is 0.481. The van der Waals surface area contributed by atoms with E-state index in [0.717, 1.165) is 38.0 Å². The molecule has 4 aromatic carbocycles. The van der Waals surface area contributed by atoms with Gasteiger partial charge in [0.05, 0.1) is 15.9 Å². The number of anilines is 2. The van der Waals surface area contributed by atoms with Gasteiger partial charge in [-0.1, -0.05) is 18.2 Å². The molecule has 0 radical (unpaired) electrons. The van der Waals surface area contributed by atoms with Gasteiger partial charge < -0.3 is 9.32 Å². The molecule has 0 atom stereocenters. The van der Waals surface area contributed by atoms with Crippen LogP contribution in [0.2, 0.25) is 0 Å². The second kappa shape index (κ2) is 12.0. The fraction of sp³-hybridized carbons (Fsp3) is 0.0882. The van der Waals surface area contributed by atoms with Crippen LogP contribution in [0.25, 0.3) is 33.4 Å². The minimum absolute atomic E-state index is 0.183. The van der Waals surface area contributed by atoms with E-state index < -0.39 is 20.2 Å². The number of rotatable bonds is 7. The molecule has 46 heavy (non-hydrogen) atoms. The molecule has 0 fully saturated rings. The zero-order chi connectivity index (χ0) is 32.8. The van der Waals surface area contributed by atoms with Crippen molar-refractivity contribution >= 4 is 60.0 Å². The van der Waals surface area contributed by atoms with Crippen molar-refractivity contribution in [2.75, 3.05) is 25.3 Å². The van der Waals surface area contributed by atoms with Gasteiger partial charge in [0.25, 0.3) is 20.2 Å². The van der Waals surface area contributed by atoms with Crippen LogP contribution in [-0.2, 0) is 20.2 Å². The van der Waals surface area contributed by atoms with Gasteiger partial charge in [0.15, 0.2) is 0 Å². The molecule has 0 bridgehead atoms. The number of hydrogen-bond acceptors (Lipinski definition) is 7. The quantitative estimate of drug-likeness (QED) is 0.0803. The molecule has 0 saturated heterocycles. The molecule has 0 aromatic heterocycles. The van der Waals surface area contributed by atoms with Gasteiger partial charge in [-0.05, 0) is 72.5 Å². The Balaban J connectivity index is 1.55. The molecular formula is C34H29N2O7S3+. The number of benzene rings is 5. The molecule has 4 aromatic rings. The van der Waals surface area contributed by atoms with Crippen molar-refractivity contribution in [3.63, 3.8) is 0 Å². The van der Waals surface area contributed by atoms with E-state index in [2.05, 4.69) is 12.1 Å². The molecule has 6 rings (SSSR count). The van der Waals surface area contributed by atoms with E-state index in [1.165, 1.54) is 24.3 Å². The Morgan fingerprint density at radius 3 is 1.96 bits per heavy atom. The van der Waals surface area contributed by atoms with E-state index in [9.17, 15) is 25.9 Å². The van der Waals surface area contributed by atoms with Crippen LogP contribution in [0, 0.1) is 0 Å². The molecule has 0 amide bonds. The van der Waals surface area contributed by atoms with E-state index in [1.54, 1.807) is 36.0 Å². The Bertz CT molecular complexity index is 2370. The van der Waals surface area contributed by atoms with E-state index in [1.807, 2.05) is 78.4 Å². The first-order valence-corrected chi connectivity index (χ1v) is 18.1. The molecule has 0 unspecified atom stereocenters. The highest BCUT2D eigenvalue weighted by Gasteiger charge is 2.21. The van der Waals surface area contributed by atoms with Crippen molar-refractivity contribution in [2.24, 2.45) is 0 Å². The highest BCUT2D eigenvalue weighted by atomic mass is 32.2. The summed E-state index contributed by atoms with van der Waals surface area (Å²) in [5.41, 5.74) is 5.84. The molecule has 1 aliphatic carbocycles. The Morgan fingerprint density at radius 1 is 0.717 bits per heavy atom. The fourth-order valence-corrected chi connectivity index (χ4v) is 6.97. The summed E-state index contributed by atoms with van der Waals surface area (Å²) in [6.07, 6.45) is 2.04. The monoisotopic (exact) mass is 673 g/mol. The first-order chi connectivity index (χ1) is 21.8. The predicted octanol–water partition coefficient (Wildman–Crippen LogP) is 6.92. The standard InChI is InChI=1S/C34H28N2O7S3/c1-35(22-8-14-26(15-9-22)45(37,38)39)24-12-18-28-31(20-24)43-32-21-25(36(2)23-10-16-27(17-11-23)46(40,41)42)13-19-29(32)34(28)30-6-4-5-7-33(30)44-3/h4-21H,1-3H3,(H-,37,38,39,40,41,42)/p+1. The second-order valence-corrected chi connectivity index (χ2v) is 14.3. The lowest BCUT2D eigenvalue weighted by atomic mass is 9.93. The third kappa shape index (κ3) is 6.05. The molecule has 234 valence electrons. The van der Waals surface area contributed by atoms with Gasteiger partial charge >= 0.3 is 0 Å². The van der Waals surface area contributed by atoms with Crippen molar-refractivity contribution in [3.8, 4) is 22.5 Å². The average molecular weight is 674 g/mol. The van der Waals surface area contributed by atoms with Crippen LogP contribution >= 0.6 is 11.8 Å². The summed E-state index contributed by atoms with van der Waals surface area (Å²) in [4.78, 5) is 2.63. The zero-order valence-electron chi connectivity index (χ0n) is 24.9. The first-order valence-electron chi connectivity index (χ1n) is 13.9. The molecule has 0 saturated carbocycles. The van der Waals surface area contributed by atoms with Crippen LogP contribution in [0.1, 0.15) is 0 Å². The van der Waals surface area contributed by atoms with Gasteiger partial charge in [0, 0.05) is 64.1 Å². The number of nitrogens with zero attached hydrogens (tertiary/aromatic N) is 2. The SMILES string of the molecule is CSc1ccccc1-c1c2ccc(=[N+](C)c3ccc(S(=O)(=O)O)cc3)cc-2oc2cc(N(C)c3ccc(S(=O)(=O)O)cc3)ccc12. The van der Waals surface area contributed by atoms with Gasteiger partial charge in [0.1, 0.15) is 18.4 Å². The molecule has 12 heteroatoms. The maximum Gasteiger partial charge on any atom is 0.294 e. The molecular weight excluding hydrogens is 645 g/mol. The van der Waals surface area contributed by atoms with Gasteiger partial charge in [-0.15, -0.1) is 11.8 Å². The highest BCUT2D eigenvalue weighted by Crippen LogP contribution is 2.44. The average Bonchev–Trinajstić information content (AvgIpc) is 3.05. The Labute approximate surface area is 270 Å². The summed E-state index contributed by atoms with van der Waals surface area (Å²) in [5, 5.41) is 1.71. The summed E-state index contributed by atoms with van der Waals surface area (Å²) in [6, 6.07) is 31.9. The maximum atomic E-state index is 11.5. The summed E-state index contributed by atoms with van der Waals surface area (Å²) >= 11 is 1.66. The summed E-state index contributed by atoms with van der Waals surface area (Å²) in [7, 11) is -4.90. The van der Waals surface area contributed by atoms with Crippen LogP contribution in [0.4, 0.5) is 17.1 Å². The van der Waals surface area contributed by atoms with Crippen LogP contribution in [0.15, 0.2) is 128 Å². The van der Waals surface area contributed by atoms with Crippen molar-refractivity contribution in [1.29, 1.82) is 0 Å². The fourth-order valence-electron chi connectivity index (χ4n) is 5.41. The molecule has 1 heterocycles. The lowest BCUT2D eigenvalue weighted by Crippen LogP contribution is -2.21. The second-order valence-electron chi connectivity index (χ2n) is 10.6. The molecule has 2 N–H and O–H groups in total. The third-order valence-corrected chi connectivity index (χ3v) is 10.4. The Kier molecular flexibility index (Phi) is 8.25. The van der Waals surface area contributed by atoms with E-state index in [0.29, 0.717) is 22.7 Å². The predicted molar refractivity (Wildman–Crippen MR) is 181 cm³/mol. The van der Waals surface area contributed by atoms with E-state index in [-0.39, 0.29) is 9.79 Å². The van der Waals surface area contributed by atoms with Crippen LogP contribution in [0.5, 0.6) is 0 Å². The number of thioether (sulfide) groups is 1. The van der Waals surface area contributed by atoms with Gasteiger partial charge in [-0.3, -0.25) is 9.11 Å². The summed E-state index contributed by atoms with van der Waals surface area (Å²) in [5.74, 6) is 0.634. The number of hydrogen-bond donors (Lipinski definition) is 2. The Morgan fingerprint density at radius 2 is 1.33 bits per heavy atom. The van der Waals surface area contributed by atoms with Crippen molar-refractivity contribution in [3.05, 3.63) is 115 Å². The summed E-state index contributed by atoms with van der Waals surface area (Å²) < 4.78 is 73.3. The third-order valence-electron chi connectivity index (χ3n) is 7.88. The molecule has 0 spiro atoms. The molecule has 2 aliphatic rings. The van der Waals surface area contributed by atoms with Crippen LogP contribution in [0.3, 0.4) is 0 Å². The smallest absolute Gasteiger partial charge is 0.294 e. The van der Waals surface area contributed by atoms with E-state index in [4.69, 9.17) is 4.42 Å². The van der Waals surface area contributed by atoms with Gasteiger partial charge in [-0.2, -0.15) is 21.4 Å². The van der Waals surface area contributed by atoms with E-state index >= 15 is 0 Å². The van der Waals surface area contributed by atoms with Crippen LogP contribution in [-0.4, -0.2) is 46.3 Å². The lowest BCUT2D eigenvalue weighted by Gasteiger charge is -2.22. The minimum atomic E-state index is -4.30. The molecule has 1 aliphatic heterocycles. The summed E-state index contributed by atoms with van der Waals surface area (Å²) in [6.45, 7) is 0. The minimum Gasteiger partial charge on any atom is -0.456 e. The molecule has 9 nitrogen and oxygen atoms in total. The zero-order valence-corrected chi connectivity index (χ0v) is 27.4. The highest BCUT2D eigenvalue weighted by molar-refractivity contribution is 7.98. The normalized spacial score (nSPS) is 12.8. The topological polar surface area (TPSA) is 128 Å². The first kappa shape index (κ1) is 31.5. The number of fused-ring (bicyclic) bond motifs is 2. The van der Waals surface area contributed by atoms with Gasteiger partial charge in [0.2, 0.25) is 11.0 Å². The maximum absolute atomic E-state index is 11.5. The van der Waals surface area contributed by atoms with Crippen molar-refractivity contribution in [2.45, 2.75) is 14.7 Å². The van der Waals surface area contributed by atoms with Gasteiger partial charge in [-0.25, -0.2) is 0 Å². The largest absolute Gasteiger partial charge is 0.456 e. The van der Waals surface area contributed by atoms with Crippen molar-refractivity contribution in [1.82, 2.24) is 4.58 Å². The van der Waals surface area contributed by atoms with Crippen molar-refractivity contribution < 1.29 is 30.4 Å². The van der Waals surface area contributed by atoms with Crippen LogP contribution < -0.4 is 14.8 Å². The Hall–Kier alpha value is -4.46.